The fourth-order valence-electron chi connectivity index (χ4n) is 4.39. The van der Waals surface area contributed by atoms with Gasteiger partial charge in [0.05, 0.1) is 42.2 Å². The summed E-state index contributed by atoms with van der Waals surface area (Å²) < 4.78 is 12.2. The molecule has 0 amide bonds. The molecule has 4 aromatic rings. The number of para-hydroxylation sites is 4. The third-order valence-electron chi connectivity index (χ3n) is 5.85. The highest BCUT2D eigenvalue weighted by Crippen LogP contribution is 2.37. The van der Waals surface area contributed by atoms with E-state index >= 15 is 0 Å². The van der Waals surface area contributed by atoms with Crippen molar-refractivity contribution in [1.29, 1.82) is 0 Å². The second-order valence-corrected chi connectivity index (χ2v) is 7.67. The van der Waals surface area contributed by atoms with Gasteiger partial charge in [-0.3, -0.25) is 0 Å². The predicted octanol–water partition coefficient (Wildman–Crippen LogP) is 5.27. The van der Waals surface area contributed by atoms with Crippen LogP contribution in [0.25, 0.3) is 27.5 Å². The molecule has 5 rings (SSSR count). The van der Waals surface area contributed by atoms with Gasteiger partial charge < -0.3 is 18.9 Å². The molecule has 6 nitrogen and oxygen atoms in total. The summed E-state index contributed by atoms with van der Waals surface area (Å²) >= 11 is 0. The van der Waals surface area contributed by atoms with Gasteiger partial charge in [-0.1, -0.05) is 54.6 Å². The molecule has 0 radical (unpaired) electrons. The lowest BCUT2D eigenvalue weighted by Crippen LogP contribution is -2.27. The van der Waals surface area contributed by atoms with E-state index in [1.165, 1.54) is 14.2 Å². The zero-order valence-corrected chi connectivity index (χ0v) is 18.8. The number of esters is 2. The molecule has 3 aromatic carbocycles. The molecular formula is C28H22N2O4. The summed E-state index contributed by atoms with van der Waals surface area (Å²) in [5.41, 5.74) is 3.80. The zero-order valence-electron chi connectivity index (χ0n) is 18.8. The molecule has 0 bridgehead atoms. The number of hydrogen-bond donors (Lipinski definition) is 0. The Hall–Kier alpha value is -4.58. The molecule has 1 aliphatic rings. The number of carbonyl (C=O) groups is 2. The number of hydrogen-bond acceptors (Lipinski definition) is 5. The Morgan fingerprint density at radius 3 is 1.85 bits per heavy atom. The van der Waals surface area contributed by atoms with Gasteiger partial charge in [0, 0.05) is 17.0 Å². The molecule has 0 unspecified atom stereocenters. The van der Waals surface area contributed by atoms with Gasteiger partial charge in [-0.2, -0.15) is 0 Å². The fraction of sp³-hybridized carbons (Fsp3) is 0.0714. The normalized spacial score (nSPS) is 13.4. The van der Waals surface area contributed by atoms with E-state index in [-0.39, 0.29) is 11.3 Å². The van der Waals surface area contributed by atoms with Gasteiger partial charge in [0.2, 0.25) is 0 Å². The van der Waals surface area contributed by atoms with E-state index in [1.54, 1.807) is 29.3 Å². The third kappa shape index (κ3) is 3.36. The molecule has 168 valence electrons. The van der Waals surface area contributed by atoms with Crippen LogP contribution >= 0.6 is 0 Å². The molecule has 6 heteroatoms. The fourth-order valence-corrected chi connectivity index (χ4v) is 4.39. The number of aromatic nitrogens is 1. The van der Waals surface area contributed by atoms with Gasteiger partial charge in [-0.25, -0.2) is 9.59 Å². The standard InChI is InChI=1S/C28H22N2O4/c1-33-27(31)21-13-9-10-18-29(26(21)28(32)34-2)24-16-7-8-17-25(24)30-22-14-5-3-11-19(22)20-12-4-6-15-23(20)30/h3-18H,1-2H3. The van der Waals surface area contributed by atoms with E-state index in [0.29, 0.717) is 5.69 Å². The Bertz CT molecular complexity index is 1470. The molecule has 0 fully saturated rings. The number of benzene rings is 3. The first-order valence-corrected chi connectivity index (χ1v) is 10.8. The largest absolute Gasteiger partial charge is 0.465 e. The molecule has 1 aliphatic heterocycles. The number of fused-ring (bicyclic) bond motifs is 3. The van der Waals surface area contributed by atoms with Crippen LogP contribution in [0.3, 0.4) is 0 Å². The first-order chi connectivity index (χ1) is 16.7. The molecule has 0 saturated carbocycles. The average molecular weight is 450 g/mol. The molecule has 0 atom stereocenters. The number of nitrogens with zero attached hydrogens (tertiary/aromatic N) is 2. The van der Waals surface area contributed by atoms with Crippen LogP contribution in [0, 0.1) is 0 Å². The summed E-state index contributed by atoms with van der Waals surface area (Å²) in [5, 5.41) is 2.25. The highest BCUT2D eigenvalue weighted by molar-refractivity contribution is 6.10. The minimum absolute atomic E-state index is 0.0765. The Labute approximate surface area is 196 Å². The van der Waals surface area contributed by atoms with Crippen LogP contribution in [0.5, 0.6) is 0 Å². The summed E-state index contributed by atoms with van der Waals surface area (Å²) in [6, 6.07) is 24.1. The van der Waals surface area contributed by atoms with E-state index in [9.17, 15) is 9.59 Å². The Morgan fingerprint density at radius 2 is 1.24 bits per heavy atom. The minimum Gasteiger partial charge on any atom is -0.465 e. The van der Waals surface area contributed by atoms with Crippen molar-refractivity contribution < 1.29 is 19.1 Å². The predicted molar refractivity (Wildman–Crippen MR) is 133 cm³/mol. The zero-order chi connectivity index (χ0) is 23.7. The quantitative estimate of drug-likeness (QED) is 0.396. The highest BCUT2D eigenvalue weighted by atomic mass is 16.5. The SMILES string of the molecule is COC(=O)C1=C(C(=O)OC)N(c2ccccc2-n2c3ccccc3c3ccccc32)C=CC=C1. The number of allylic oxidation sites excluding steroid dienone is 2. The van der Waals surface area contributed by atoms with Crippen LogP contribution in [-0.4, -0.2) is 30.7 Å². The number of anilines is 1. The second kappa shape index (κ2) is 8.75. The van der Waals surface area contributed by atoms with Crippen molar-refractivity contribution >= 4 is 39.4 Å². The third-order valence-corrected chi connectivity index (χ3v) is 5.85. The van der Waals surface area contributed by atoms with Gasteiger partial charge in [0.15, 0.2) is 0 Å². The summed E-state index contributed by atoms with van der Waals surface area (Å²) in [4.78, 5) is 27.2. The lowest BCUT2D eigenvalue weighted by Gasteiger charge is -2.26. The topological polar surface area (TPSA) is 60.8 Å². The first-order valence-electron chi connectivity index (χ1n) is 10.8. The van der Waals surface area contributed by atoms with Crippen LogP contribution in [0.15, 0.2) is 108 Å². The monoisotopic (exact) mass is 450 g/mol. The van der Waals surface area contributed by atoms with Crippen molar-refractivity contribution in [2.75, 3.05) is 19.1 Å². The van der Waals surface area contributed by atoms with E-state index < -0.39 is 11.9 Å². The van der Waals surface area contributed by atoms with Crippen LogP contribution in [-0.2, 0) is 19.1 Å². The molecule has 0 spiro atoms. The lowest BCUT2D eigenvalue weighted by molar-refractivity contribution is -0.139. The molecule has 1 aromatic heterocycles. The van der Waals surface area contributed by atoms with Gasteiger partial charge >= 0.3 is 11.9 Å². The van der Waals surface area contributed by atoms with Crippen molar-refractivity contribution in [2.45, 2.75) is 0 Å². The second-order valence-electron chi connectivity index (χ2n) is 7.67. The Balaban J connectivity index is 1.83. The van der Waals surface area contributed by atoms with Crippen LogP contribution in [0.2, 0.25) is 0 Å². The number of rotatable bonds is 4. The van der Waals surface area contributed by atoms with Crippen LogP contribution in [0.4, 0.5) is 5.69 Å². The number of ether oxygens (including phenoxy) is 2. The minimum atomic E-state index is -0.645. The summed E-state index contributed by atoms with van der Waals surface area (Å²) in [6.07, 6.45) is 6.75. The van der Waals surface area contributed by atoms with Crippen LogP contribution in [0.1, 0.15) is 0 Å². The van der Waals surface area contributed by atoms with E-state index in [1.807, 2.05) is 48.5 Å². The van der Waals surface area contributed by atoms with E-state index in [4.69, 9.17) is 9.47 Å². The van der Waals surface area contributed by atoms with Crippen molar-refractivity contribution in [1.82, 2.24) is 4.57 Å². The van der Waals surface area contributed by atoms with Crippen molar-refractivity contribution in [3.8, 4) is 5.69 Å². The maximum atomic E-state index is 13.0. The summed E-state index contributed by atoms with van der Waals surface area (Å²) in [6.45, 7) is 0. The van der Waals surface area contributed by atoms with Crippen LogP contribution < -0.4 is 4.90 Å². The Kier molecular flexibility index (Phi) is 5.47. The van der Waals surface area contributed by atoms with Gasteiger partial charge in [-0.05, 0) is 36.4 Å². The molecule has 34 heavy (non-hydrogen) atoms. The number of methoxy groups -OCH3 is 2. The lowest BCUT2D eigenvalue weighted by atomic mass is 10.1. The Morgan fingerprint density at radius 1 is 0.676 bits per heavy atom. The van der Waals surface area contributed by atoms with Crippen molar-refractivity contribution in [3.63, 3.8) is 0 Å². The van der Waals surface area contributed by atoms with Gasteiger partial charge in [0.25, 0.3) is 0 Å². The smallest absolute Gasteiger partial charge is 0.355 e. The molecule has 2 heterocycles. The van der Waals surface area contributed by atoms with E-state index in [0.717, 1.165) is 27.5 Å². The van der Waals surface area contributed by atoms with Gasteiger partial charge in [0.1, 0.15) is 5.70 Å². The molecular weight excluding hydrogens is 428 g/mol. The maximum Gasteiger partial charge on any atom is 0.355 e. The molecule has 0 saturated heterocycles. The average Bonchev–Trinajstić information content (AvgIpc) is 3.05. The molecule has 0 aliphatic carbocycles. The van der Waals surface area contributed by atoms with E-state index in [2.05, 4.69) is 28.8 Å². The summed E-state index contributed by atoms with van der Waals surface area (Å²) in [7, 11) is 2.58. The van der Waals surface area contributed by atoms with Gasteiger partial charge in [-0.15, -0.1) is 0 Å². The first kappa shape index (κ1) is 21.3. The van der Waals surface area contributed by atoms with Crippen molar-refractivity contribution in [2.24, 2.45) is 0 Å². The maximum absolute atomic E-state index is 13.0. The molecule has 0 N–H and O–H groups in total. The summed E-state index contributed by atoms with van der Waals surface area (Å²) in [5.74, 6) is -1.27. The highest BCUT2D eigenvalue weighted by Gasteiger charge is 2.29. The van der Waals surface area contributed by atoms with Crippen molar-refractivity contribution in [3.05, 3.63) is 108 Å². The number of carbonyl (C=O) groups excluding carboxylic acids is 2.